The van der Waals surface area contributed by atoms with E-state index in [0.717, 1.165) is 23.0 Å². The predicted molar refractivity (Wildman–Crippen MR) is 89.2 cm³/mol. The molecular weight excluding hydrogens is 278 g/mol. The van der Waals surface area contributed by atoms with Crippen molar-refractivity contribution < 1.29 is 4.74 Å². The molecule has 0 unspecified atom stereocenters. The Labute approximate surface area is 132 Å². The number of methoxy groups -OCH3 is 1. The smallest absolute Gasteiger partial charge is 0.119 e. The van der Waals surface area contributed by atoms with Crippen LogP contribution in [0.1, 0.15) is 50.2 Å². The molecule has 3 heteroatoms. The number of rotatable bonds is 1. The van der Waals surface area contributed by atoms with Crippen molar-refractivity contribution in [3.63, 3.8) is 0 Å². The molecule has 2 aliphatic heterocycles. The zero-order valence-electron chi connectivity index (χ0n) is 13.3. The summed E-state index contributed by atoms with van der Waals surface area (Å²) >= 11 is 2.20. The van der Waals surface area contributed by atoms with E-state index in [2.05, 4.69) is 48.7 Å². The van der Waals surface area contributed by atoms with Crippen LogP contribution in [0.3, 0.4) is 0 Å². The number of aryl methyl sites for hydroxylation is 1. The van der Waals surface area contributed by atoms with E-state index in [4.69, 9.17) is 4.74 Å². The summed E-state index contributed by atoms with van der Waals surface area (Å²) in [7, 11) is 1.77. The Hall–Kier alpha value is -0.670. The van der Waals surface area contributed by atoms with Gasteiger partial charge in [-0.1, -0.05) is 13.0 Å². The van der Waals surface area contributed by atoms with Gasteiger partial charge in [-0.05, 0) is 61.8 Å². The van der Waals surface area contributed by atoms with Gasteiger partial charge in [-0.25, -0.2) is 0 Å². The van der Waals surface area contributed by atoms with Crippen molar-refractivity contribution in [3.8, 4) is 5.75 Å². The number of ether oxygens (including phenoxy) is 1. The Morgan fingerprint density at radius 2 is 2.19 bits per heavy atom. The summed E-state index contributed by atoms with van der Waals surface area (Å²) in [5.74, 6) is 1.75. The lowest BCUT2D eigenvalue weighted by atomic mass is 9.72. The summed E-state index contributed by atoms with van der Waals surface area (Å²) in [6.45, 7) is 6.14. The van der Waals surface area contributed by atoms with Crippen LogP contribution in [-0.4, -0.2) is 34.7 Å². The van der Waals surface area contributed by atoms with Crippen molar-refractivity contribution in [2.24, 2.45) is 0 Å². The molecule has 1 aromatic rings. The van der Waals surface area contributed by atoms with Crippen molar-refractivity contribution in [2.45, 2.75) is 61.6 Å². The second-order valence-corrected chi connectivity index (χ2v) is 8.99. The lowest BCUT2D eigenvalue weighted by Crippen LogP contribution is -2.54. The highest BCUT2D eigenvalue weighted by Crippen LogP contribution is 2.54. The van der Waals surface area contributed by atoms with E-state index in [-0.39, 0.29) is 0 Å². The van der Waals surface area contributed by atoms with Gasteiger partial charge in [0.1, 0.15) is 5.75 Å². The molecule has 0 amide bonds. The second kappa shape index (κ2) is 4.92. The molecule has 0 bridgehead atoms. The topological polar surface area (TPSA) is 12.5 Å². The van der Waals surface area contributed by atoms with Crippen LogP contribution in [0, 0.1) is 0 Å². The monoisotopic (exact) mass is 303 g/mol. The molecule has 4 rings (SSSR count). The molecule has 0 saturated carbocycles. The van der Waals surface area contributed by atoms with E-state index >= 15 is 0 Å². The van der Waals surface area contributed by atoms with Gasteiger partial charge in [0.05, 0.1) is 12.0 Å². The van der Waals surface area contributed by atoms with Gasteiger partial charge in [-0.3, -0.25) is 4.90 Å². The van der Waals surface area contributed by atoms with Crippen molar-refractivity contribution in [1.29, 1.82) is 0 Å². The van der Waals surface area contributed by atoms with Crippen molar-refractivity contribution in [3.05, 3.63) is 29.3 Å². The molecule has 2 fully saturated rings. The van der Waals surface area contributed by atoms with Gasteiger partial charge >= 0.3 is 0 Å². The largest absolute Gasteiger partial charge is 0.497 e. The first kappa shape index (κ1) is 14.0. The average Bonchev–Trinajstić information content (AvgIpc) is 2.80. The number of nitrogens with zero attached hydrogens (tertiary/aromatic N) is 1. The molecule has 114 valence electrons. The Kier molecular flexibility index (Phi) is 3.27. The fourth-order valence-corrected chi connectivity index (χ4v) is 6.52. The minimum Gasteiger partial charge on any atom is -0.497 e. The maximum atomic E-state index is 5.40. The Bertz CT molecular complexity index is 560. The van der Waals surface area contributed by atoms with Gasteiger partial charge in [0, 0.05) is 17.8 Å². The fourth-order valence-electron chi connectivity index (χ4n) is 4.84. The minimum atomic E-state index is 0.393. The van der Waals surface area contributed by atoms with E-state index in [1.54, 1.807) is 12.7 Å². The highest BCUT2D eigenvalue weighted by Gasteiger charge is 2.51. The van der Waals surface area contributed by atoms with Crippen LogP contribution in [0.2, 0.25) is 0 Å². The summed E-state index contributed by atoms with van der Waals surface area (Å²) in [5.41, 5.74) is 3.12. The molecule has 0 radical (unpaired) electrons. The van der Waals surface area contributed by atoms with Gasteiger partial charge < -0.3 is 4.74 Å². The summed E-state index contributed by atoms with van der Waals surface area (Å²) in [5, 5.41) is 0.783. The zero-order valence-corrected chi connectivity index (χ0v) is 14.1. The Balaban J connectivity index is 1.68. The van der Waals surface area contributed by atoms with Crippen LogP contribution in [0.15, 0.2) is 18.2 Å². The lowest BCUT2D eigenvalue weighted by molar-refractivity contribution is 0.0584. The van der Waals surface area contributed by atoms with Crippen molar-refractivity contribution in [2.75, 3.05) is 13.7 Å². The number of hydrogen-bond acceptors (Lipinski definition) is 3. The fraction of sp³-hybridized carbons (Fsp3) is 0.667. The first-order valence-corrected chi connectivity index (χ1v) is 9.10. The van der Waals surface area contributed by atoms with E-state index < -0.39 is 0 Å². The molecule has 0 aromatic heterocycles. The van der Waals surface area contributed by atoms with Crippen molar-refractivity contribution >= 4 is 11.8 Å². The lowest BCUT2D eigenvalue weighted by Gasteiger charge is -2.50. The normalized spacial score (nSPS) is 38.5. The number of benzene rings is 1. The summed E-state index contributed by atoms with van der Waals surface area (Å²) in [4.78, 5) is 3.23. The molecule has 1 aliphatic carbocycles. The Morgan fingerprint density at radius 3 is 3.00 bits per heavy atom. The molecule has 2 heterocycles. The van der Waals surface area contributed by atoms with Gasteiger partial charge in [0.25, 0.3) is 0 Å². The number of fused-ring (bicyclic) bond motifs is 5. The molecule has 21 heavy (non-hydrogen) atoms. The quantitative estimate of drug-likeness (QED) is 0.777. The zero-order chi connectivity index (χ0) is 14.6. The molecule has 2 nitrogen and oxygen atoms in total. The third-order valence-electron chi connectivity index (χ3n) is 5.76. The van der Waals surface area contributed by atoms with Gasteiger partial charge in [0.15, 0.2) is 0 Å². The number of thioether (sulfide) groups is 1. The van der Waals surface area contributed by atoms with Crippen LogP contribution in [0.5, 0.6) is 5.75 Å². The summed E-state index contributed by atoms with van der Waals surface area (Å²) in [6.07, 6.45) is 5.19. The maximum Gasteiger partial charge on any atom is 0.119 e. The molecule has 0 spiro atoms. The van der Waals surface area contributed by atoms with Crippen molar-refractivity contribution in [1.82, 2.24) is 4.90 Å². The van der Waals surface area contributed by atoms with Gasteiger partial charge in [0.2, 0.25) is 0 Å². The third-order valence-corrected chi connectivity index (χ3v) is 7.26. The van der Waals surface area contributed by atoms with Gasteiger partial charge in [-0.15, -0.1) is 11.8 Å². The number of hydrogen-bond donors (Lipinski definition) is 0. The van der Waals surface area contributed by atoms with Gasteiger partial charge in [-0.2, -0.15) is 0 Å². The first-order chi connectivity index (χ1) is 10.1. The third kappa shape index (κ3) is 2.12. The molecular formula is C18H25NOS. The van der Waals surface area contributed by atoms with Crippen LogP contribution < -0.4 is 4.74 Å². The van der Waals surface area contributed by atoms with Crippen LogP contribution in [0.4, 0.5) is 0 Å². The van der Waals surface area contributed by atoms with Crippen LogP contribution in [-0.2, 0) is 6.42 Å². The molecule has 4 atom stereocenters. The first-order valence-electron chi connectivity index (χ1n) is 8.22. The SMILES string of the molecule is COc1ccc2c(c1)CC[C@H]1[C@@H]2CC[C@]2(C)S[C@@H](C)CN12. The van der Waals surface area contributed by atoms with E-state index in [9.17, 15) is 0 Å². The second-order valence-electron chi connectivity index (χ2n) is 7.07. The van der Waals surface area contributed by atoms with Crippen LogP contribution in [0.25, 0.3) is 0 Å². The highest BCUT2D eigenvalue weighted by atomic mass is 32.2. The van der Waals surface area contributed by atoms with E-state index in [0.29, 0.717) is 4.87 Å². The Morgan fingerprint density at radius 1 is 1.33 bits per heavy atom. The summed E-state index contributed by atoms with van der Waals surface area (Å²) < 4.78 is 5.40. The molecule has 1 aromatic carbocycles. The average molecular weight is 303 g/mol. The van der Waals surface area contributed by atoms with E-state index in [1.807, 2.05) is 0 Å². The van der Waals surface area contributed by atoms with Crippen LogP contribution >= 0.6 is 11.8 Å². The molecule has 0 N–H and O–H groups in total. The predicted octanol–water partition coefficient (Wildman–Crippen LogP) is 4.04. The minimum absolute atomic E-state index is 0.393. The maximum absolute atomic E-state index is 5.40. The standard InChI is InChI=1S/C18H25NOS/c1-12-11-19-17-7-4-13-10-14(20-3)5-6-15(13)16(17)8-9-18(19,2)21-12/h5-6,10,12,16-17H,4,7-9,11H2,1-3H3/t12-,16+,17-,18-/m0/s1. The highest BCUT2D eigenvalue weighted by molar-refractivity contribution is 8.01. The number of piperidine rings is 1. The summed E-state index contributed by atoms with van der Waals surface area (Å²) in [6, 6.07) is 7.50. The van der Waals surface area contributed by atoms with E-state index in [1.165, 1.54) is 37.8 Å². The molecule has 2 saturated heterocycles. The molecule has 3 aliphatic rings.